The number of hydrogen-bond acceptors (Lipinski definition) is 7. The van der Waals surface area contributed by atoms with Crippen LogP contribution in [0.2, 0.25) is 5.02 Å². The van der Waals surface area contributed by atoms with Crippen LogP contribution in [0.5, 0.6) is 11.5 Å². The number of aromatic nitrogens is 3. The number of hydrogen-bond donors (Lipinski definition) is 0. The quantitative estimate of drug-likeness (QED) is 0.472. The number of ether oxygens (including phenoxy) is 2. The molecule has 0 aliphatic carbocycles. The van der Waals surface area contributed by atoms with Crippen LogP contribution in [-0.4, -0.2) is 28.8 Å². The van der Waals surface area contributed by atoms with Crippen LogP contribution in [0, 0.1) is 0 Å². The smallest absolute Gasteiger partial charge is 0.296 e. The average Bonchev–Trinajstić information content (AvgIpc) is 3.02. The standard InChI is InChI=1S/C21H16ClN3O4S/c1-28-16-7-6-13(10-17(16)29-2)9-15-19(26)23-21-25(24-15)20(27)18(30-21)11-12-4-3-5-14(22)8-12/h3-8,10-11H,9H2,1-2H3/b18-11+. The average molecular weight is 442 g/mol. The van der Waals surface area contributed by atoms with Crippen molar-refractivity contribution in [2.75, 3.05) is 14.2 Å². The second-order valence-electron chi connectivity index (χ2n) is 6.39. The molecule has 4 aromatic rings. The summed E-state index contributed by atoms with van der Waals surface area (Å²) in [6.07, 6.45) is 1.91. The Bertz CT molecular complexity index is 1410. The van der Waals surface area contributed by atoms with E-state index in [0.29, 0.717) is 21.1 Å². The molecule has 0 N–H and O–H groups in total. The van der Waals surface area contributed by atoms with Gasteiger partial charge in [0, 0.05) is 11.4 Å². The lowest BCUT2D eigenvalue weighted by Crippen LogP contribution is -2.28. The van der Waals surface area contributed by atoms with E-state index in [4.69, 9.17) is 21.1 Å². The number of rotatable bonds is 5. The summed E-state index contributed by atoms with van der Waals surface area (Å²) in [6, 6.07) is 12.5. The van der Waals surface area contributed by atoms with E-state index in [1.807, 2.05) is 6.07 Å². The molecule has 0 saturated heterocycles. The zero-order valence-electron chi connectivity index (χ0n) is 16.1. The molecule has 0 aliphatic rings. The van der Waals surface area contributed by atoms with E-state index < -0.39 is 5.56 Å². The van der Waals surface area contributed by atoms with Crippen LogP contribution in [0.4, 0.5) is 0 Å². The van der Waals surface area contributed by atoms with Crippen LogP contribution in [0.15, 0.2) is 52.1 Å². The first kappa shape index (κ1) is 20.1. The van der Waals surface area contributed by atoms with Gasteiger partial charge in [-0.3, -0.25) is 9.59 Å². The van der Waals surface area contributed by atoms with Gasteiger partial charge in [-0.2, -0.15) is 14.6 Å². The van der Waals surface area contributed by atoms with Crippen molar-refractivity contribution < 1.29 is 9.47 Å². The molecule has 0 saturated carbocycles. The van der Waals surface area contributed by atoms with Crippen molar-refractivity contribution in [3.8, 4) is 11.5 Å². The van der Waals surface area contributed by atoms with Crippen LogP contribution in [0.3, 0.4) is 0 Å². The van der Waals surface area contributed by atoms with E-state index in [-0.39, 0.29) is 22.6 Å². The van der Waals surface area contributed by atoms with Crippen molar-refractivity contribution in [3.63, 3.8) is 0 Å². The first-order chi connectivity index (χ1) is 14.5. The fraction of sp³-hybridized carbons (Fsp3) is 0.143. The van der Waals surface area contributed by atoms with Crippen LogP contribution in [0.1, 0.15) is 16.8 Å². The normalized spacial score (nSPS) is 11.8. The highest BCUT2D eigenvalue weighted by Gasteiger charge is 2.13. The van der Waals surface area contributed by atoms with E-state index in [9.17, 15) is 9.59 Å². The molecule has 0 aliphatic heterocycles. The van der Waals surface area contributed by atoms with Gasteiger partial charge < -0.3 is 9.47 Å². The van der Waals surface area contributed by atoms with Gasteiger partial charge in [-0.15, -0.1) is 0 Å². The Kier molecular flexibility index (Phi) is 5.52. The van der Waals surface area contributed by atoms with Crippen molar-refractivity contribution in [3.05, 3.63) is 89.5 Å². The highest BCUT2D eigenvalue weighted by Crippen LogP contribution is 2.28. The Morgan fingerprint density at radius 2 is 1.90 bits per heavy atom. The third-order valence-corrected chi connectivity index (χ3v) is 5.61. The molecule has 0 atom stereocenters. The van der Waals surface area contributed by atoms with Gasteiger partial charge in [0.1, 0.15) is 5.69 Å². The number of thiazole rings is 1. The van der Waals surface area contributed by atoms with E-state index in [2.05, 4.69) is 10.1 Å². The van der Waals surface area contributed by atoms with Crippen molar-refractivity contribution in [1.29, 1.82) is 0 Å². The Labute approximate surface area is 179 Å². The molecule has 9 heteroatoms. The number of fused-ring (bicyclic) bond motifs is 1. The summed E-state index contributed by atoms with van der Waals surface area (Å²) < 4.78 is 12.1. The van der Waals surface area contributed by atoms with Gasteiger partial charge in [0.05, 0.1) is 18.8 Å². The molecule has 4 rings (SSSR count). The molecule has 0 fully saturated rings. The van der Waals surface area contributed by atoms with Gasteiger partial charge >= 0.3 is 0 Å². The van der Waals surface area contributed by atoms with Crippen LogP contribution >= 0.6 is 22.9 Å². The fourth-order valence-corrected chi connectivity index (χ4v) is 4.09. The van der Waals surface area contributed by atoms with Crippen molar-refractivity contribution in [2.45, 2.75) is 6.42 Å². The minimum Gasteiger partial charge on any atom is -0.493 e. The second-order valence-corrected chi connectivity index (χ2v) is 7.84. The molecule has 0 unspecified atom stereocenters. The predicted molar refractivity (Wildman–Crippen MR) is 116 cm³/mol. The van der Waals surface area contributed by atoms with Gasteiger partial charge in [-0.05, 0) is 41.5 Å². The lowest BCUT2D eigenvalue weighted by molar-refractivity contribution is 0.354. The number of halogens is 1. The number of benzene rings is 2. The third-order valence-electron chi connectivity index (χ3n) is 4.42. The fourth-order valence-electron chi connectivity index (χ4n) is 2.98. The minimum absolute atomic E-state index is 0.170. The maximum absolute atomic E-state index is 12.8. The highest BCUT2D eigenvalue weighted by molar-refractivity contribution is 7.15. The first-order valence-electron chi connectivity index (χ1n) is 8.89. The molecule has 2 aromatic carbocycles. The topological polar surface area (TPSA) is 82.8 Å². The zero-order chi connectivity index (χ0) is 21.3. The minimum atomic E-state index is -0.472. The summed E-state index contributed by atoms with van der Waals surface area (Å²) in [5.74, 6) is 1.13. The van der Waals surface area contributed by atoms with Crippen LogP contribution in [0.25, 0.3) is 11.0 Å². The summed E-state index contributed by atoms with van der Waals surface area (Å²) in [5.41, 5.74) is 0.923. The van der Waals surface area contributed by atoms with Gasteiger partial charge in [0.25, 0.3) is 11.1 Å². The summed E-state index contributed by atoms with van der Waals surface area (Å²) >= 11 is 7.11. The van der Waals surface area contributed by atoms with E-state index in [1.165, 1.54) is 11.6 Å². The molecule has 7 nitrogen and oxygen atoms in total. The monoisotopic (exact) mass is 441 g/mol. The Balaban J connectivity index is 1.76. The van der Waals surface area contributed by atoms with Crippen LogP contribution in [-0.2, 0) is 6.42 Å². The van der Waals surface area contributed by atoms with E-state index in [1.54, 1.807) is 49.6 Å². The van der Waals surface area contributed by atoms with Crippen molar-refractivity contribution in [2.24, 2.45) is 0 Å². The second kappa shape index (κ2) is 8.25. The summed E-state index contributed by atoms with van der Waals surface area (Å²) in [6.45, 7) is 0. The molecule has 0 spiro atoms. The zero-order valence-corrected chi connectivity index (χ0v) is 17.7. The van der Waals surface area contributed by atoms with Gasteiger partial charge in [0.2, 0.25) is 4.96 Å². The van der Waals surface area contributed by atoms with Crippen molar-refractivity contribution >= 4 is 34.0 Å². The number of nitrogens with zero attached hydrogens (tertiary/aromatic N) is 3. The van der Waals surface area contributed by atoms with Crippen molar-refractivity contribution in [1.82, 2.24) is 14.6 Å². The SMILES string of the molecule is COc1ccc(Cc2nn3c(=O)/c(=C\c4cccc(Cl)c4)sc3nc2=O)cc1OC. The molecule has 152 valence electrons. The maximum atomic E-state index is 12.8. The first-order valence-corrected chi connectivity index (χ1v) is 10.1. The molecular formula is C21H16ClN3O4S. The molecule has 2 heterocycles. The molecule has 0 radical (unpaired) electrons. The Morgan fingerprint density at radius 1 is 1.10 bits per heavy atom. The van der Waals surface area contributed by atoms with E-state index in [0.717, 1.165) is 22.5 Å². The maximum Gasteiger partial charge on any atom is 0.296 e. The van der Waals surface area contributed by atoms with Crippen LogP contribution < -0.4 is 25.1 Å². The van der Waals surface area contributed by atoms with Gasteiger partial charge in [-0.1, -0.05) is 41.1 Å². The predicted octanol–water partition coefficient (Wildman–Crippen LogP) is 2.32. The molecule has 0 bridgehead atoms. The third kappa shape index (κ3) is 3.92. The molecule has 0 amide bonds. The van der Waals surface area contributed by atoms with E-state index >= 15 is 0 Å². The van der Waals surface area contributed by atoms with Gasteiger partial charge in [-0.25, -0.2) is 0 Å². The summed E-state index contributed by atoms with van der Waals surface area (Å²) in [4.78, 5) is 29.6. The largest absolute Gasteiger partial charge is 0.493 e. The molecular weight excluding hydrogens is 426 g/mol. The highest BCUT2D eigenvalue weighted by atomic mass is 35.5. The summed E-state index contributed by atoms with van der Waals surface area (Å²) in [7, 11) is 3.09. The lowest BCUT2D eigenvalue weighted by Gasteiger charge is -2.09. The lowest BCUT2D eigenvalue weighted by atomic mass is 10.1. The number of methoxy groups -OCH3 is 2. The Hall–Kier alpha value is -3.23. The molecule has 2 aromatic heterocycles. The molecule has 30 heavy (non-hydrogen) atoms. The Morgan fingerprint density at radius 3 is 2.63 bits per heavy atom. The summed E-state index contributed by atoms with van der Waals surface area (Å²) in [5, 5.41) is 4.84. The van der Waals surface area contributed by atoms with Gasteiger partial charge in [0.15, 0.2) is 11.5 Å².